The first-order valence-electron chi connectivity index (χ1n) is 4.82. The normalized spacial score (nSPS) is 25.8. The number of halogens is 3. The van der Waals surface area contributed by atoms with Gasteiger partial charge in [-0.1, -0.05) is 29.3 Å². The molecule has 0 nitrogen and oxygen atoms in total. The van der Waals surface area contributed by atoms with Gasteiger partial charge in [0, 0.05) is 11.1 Å². The fourth-order valence-electron chi connectivity index (χ4n) is 1.73. The van der Waals surface area contributed by atoms with E-state index >= 15 is 0 Å². The number of benzene rings is 1. The molecule has 1 saturated heterocycles. The van der Waals surface area contributed by atoms with Gasteiger partial charge in [-0.3, -0.25) is 0 Å². The third kappa shape index (κ3) is 2.97. The molecule has 2 atom stereocenters. The lowest BCUT2D eigenvalue weighted by molar-refractivity contribution is 0.603. The van der Waals surface area contributed by atoms with E-state index in [9.17, 15) is 0 Å². The topological polar surface area (TPSA) is 0 Å². The SMILES string of the molecule is Clc1ccc(CC2CSCC2Cl)cc1Cl. The minimum Gasteiger partial charge on any atom is -0.160 e. The first-order valence-corrected chi connectivity index (χ1v) is 7.17. The van der Waals surface area contributed by atoms with Crippen LogP contribution in [0, 0.1) is 5.92 Å². The van der Waals surface area contributed by atoms with Crippen LogP contribution in [0.4, 0.5) is 0 Å². The largest absolute Gasteiger partial charge is 0.160 e. The quantitative estimate of drug-likeness (QED) is 0.719. The number of alkyl halides is 1. The number of thioether (sulfide) groups is 1. The van der Waals surface area contributed by atoms with Crippen LogP contribution >= 0.6 is 46.6 Å². The van der Waals surface area contributed by atoms with Gasteiger partial charge in [-0.05, 0) is 35.8 Å². The summed E-state index contributed by atoms with van der Waals surface area (Å²) >= 11 is 20.0. The van der Waals surface area contributed by atoms with Crippen molar-refractivity contribution in [1.82, 2.24) is 0 Å². The maximum Gasteiger partial charge on any atom is 0.0595 e. The molecule has 2 rings (SSSR count). The Morgan fingerprint density at radius 3 is 2.60 bits per heavy atom. The van der Waals surface area contributed by atoms with Crippen molar-refractivity contribution in [2.75, 3.05) is 11.5 Å². The molecule has 4 heteroatoms. The zero-order valence-corrected chi connectivity index (χ0v) is 11.1. The standard InChI is InChI=1S/C11H11Cl3S/c12-9-2-1-7(4-10(9)13)3-8-5-15-6-11(8)14/h1-2,4,8,11H,3,5-6H2. The molecule has 0 radical (unpaired) electrons. The lowest BCUT2D eigenvalue weighted by Crippen LogP contribution is -2.14. The second-order valence-electron chi connectivity index (χ2n) is 3.77. The van der Waals surface area contributed by atoms with Crippen molar-refractivity contribution in [3.05, 3.63) is 33.8 Å². The summed E-state index contributed by atoms with van der Waals surface area (Å²) in [6.45, 7) is 0. The van der Waals surface area contributed by atoms with Crippen LogP contribution in [0.3, 0.4) is 0 Å². The van der Waals surface area contributed by atoms with Crippen molar-refractivity contribution in [2.24, 2.45) is 5.92 Å². The molecular formula is C11H11Cl3S. The molecule has 0 spiro atoms. The summed E-state index contributed by atoms with van der Waals surface area (Å²) in [7, 11) is 0. The van der Waals surface area contributed by atoms with Gasteiger partial charge in [-0.15, -0.1) is 11.6 Å². The lowest BCUT2D eigenvalue weighted by atomic mass is 9.99. The second-order valence-corrected chi connectivity index (χ2v) is 6.22. The van der Waals surface area contributed by atoms with E-state index in [1.807, 2.05) is 30.0 Å². The highest BCUT2D eigenvalue weighted by Crippen LogP contribution is 2.32. The van der Waals surface area contributed by atoms with Crippen LogP contribution in [0.25, 0.3) is 0 Å². The van der Waals surface area contributed by atoms with Gasteiger partial charge in [0.05, 0.1) is 10.0 Å². The van der Waals surface area contributed by atoms with Crippen molar-refractivity contribution in [3.63, 3.8) is 0 Å². The van der Waals surface area contributed by atoms with Gasteiger partial charge in [0.15, 0.2) is 0 Å². The average Bonchev–Trinajstić information content (AvgIpc) is 2.59. The van der Waals surface area contributed by atoms with Gasteiger partial charge >= 0.3 is 0 Å². The Balaban J connectivity index is 2.07. The molecule has 82 valence electrons. The van der Waals surface area contributed by atoms with E-state index in [0.717, 1.165) is 17.9 Å². The predicted molar refractivity (Wildman–Crippen MR) is 70.6 cm³/mol. The van der Waals surface area contributed by atoms with E-state index in [4.69, 9.17) is 34.8 Å². The Morgan fingerprint density at radius 2 is 2.00 bits per heavy atom. The van der Waals surface area contributed by atoms with E-state index in [1.165, 1.54) is 5.56 Å². The number of hydrogen-bond acceptors (Lipinski definition) is 1. The van der Waals surface area contributed by atoms with E-state index in [2.05, 4.69) is 0 Å². The van der Waals surface area contributed by atoms with Crippen LogP contribution in [-0.4, -0.2) is 16.9 Å². The zero-order valence-electron chi connectivity index (χ0n) is 8.05. The summed E-state index contributed by atoms with van der Waals surface area (Å²) < 4.78 is 0. The monoisotopic (exact) mass is 280 g/mol. The summed E-state index contributed by atoms with van der Waals surface area (Å²) in [6.07, 6.45) is 0.998. The van der Waals surface area contributed by atoms with Crippen molar-refractivity contribution in [3.8, 4) is 0 Å². The Kier molecular flexibility index (Phi) is 4.11. The van der Waals surface area contributed by atoms with Crippen LogP contribution in [-0.2, 0) is 6.42 Å². The first-order chi connectivity index (χ1) is 7.16. The van der Waals surface area contributed by atoms with Gasteiger partial charge < -0.3 is 0 Å². The van der Waals surface area contributed by atoms with Crippen LogP contribution in [0.1, 0.15) is 5.56 Å². The molecule has 1 aliphatic heterocycles. The Labute approximate surface area is 109 Å². The highest BCUT2D eigenvalue weighted by atomic mass is 35.5. The highest BCUT2D eigenvalue weighted by molar-refractivity contribution is 7.99. The molecule has 0 N–H and O–H groups in total. The fraction of sp³-hybridized carbons (Fsp3) is 0.455. The third-order valence-electron chi connectivity index (χ3n) is 2.60. The molecular weight excluding hydrogens is 271 g/mol. The van der Waals surface area contributed by atoms with Crippen molar-refractivity contribution in [2.45, 2.75) is 11.8 Å². The molecule has 1 aliphatic rings. The molecule has 0 bridgehead atoms. The van der Waals surface area contributed by atoms with E-state index in [0.29, 0.717) is 21.3 Å². The van der Waals surface area contributed by atoms with Gasteiger partial charge in [-0.25, -0.2) is 0 Å². The van der Waals surface area contributed by atoms with Crippen LogP contribution < -0.4 is 0 Å². The van der Waals surface area contributed by atoms with E-state index < -0.39 is 0 Å². The molecule has 15 heavy (non-hydrogen) atoms. The summed E-state index contributed by atoms with van der Waals surface area (Å²) in [6, 6.07) is 5.82. The maximum absolute atomic E-state index is 6.22. The van der Waals surface area contributed by atoms with Crippen LogP contribution in [0.5, 0.6) is 0 Å². The molecule has 0 amide bonds. The van der Waals surface area contributed by atoms with Gasteiger partial charge in [0.25, 0.3) is 0 Å². The smallest absolute Gasteiger partial charge is 0.0595 e. The molecule has 1 aromatic rings. The predicted octanol–water partition coefficient (Wildman–Crippen LogP) is 4.51. The molecule has 0 aliphatic carbocycles. The summed E-state index contributed by atoms with van der Waals surface area (Å²) in [5.41, 5.74) is 1.22. The third-order valence-corrected chi connectivity index (χ3v) is 5.29. The zero-order chi connectivity index (χ0) is 10.8. The van der Waals surface area contributed by atoms with E-state index in [-0.39, 0.29) is 0 Å². The molecule has 0 saturated carbocycles. The van der Waals surface area contributed by atoms with Gasteiger partial charge in [0.1, 0.15) is 0 Å². The summed E-state index contributed by atoms with van der Waals surface area (Å²) in [4.78, 5) is 0. The van der Waals surface area contributed by atoms with Crippen LogP contribution in [0.15, 0.2) is 18.2 Å². The van der Waals surface area contributed by atoms with Gasteiger partial charge in [-0.2, -0.15) is 11.8 Å². The van der Waals surface area contributed by atoms with Crippen molar-refractivity contribution >= 4 is 46.6 Å². The maximum atomic E-state index is 6.22. The lowest BCUT2D eigenvalue weighted by Gasteiger charge is -2.12. The molecule has 2 unspecified atom stereocenters. The Hall–Kier alpha value is 0.440. The second kappa shape index (κ2) is 5.18. The molecule has 1 heterocycles. The average molecular weight is 282 g/mol. The van der Waals surface area contributed by atoms with Crippen molar-refractivity contribution < 1.29 is 0 Å². The van der Waals surface area contributed by atoms with Gasteiger partial charge in [0.2, 0.25) is 0 Å². The minimum atomic E-state index is 0.296. The minimum absolute atomic E-state index is 0.296. The van der Waals surface area contributed by atoms with E-state index in [1.54, 1.807) is 0 Å². The Bertz CT molecular complexity index is 354. The fourth-order valence-corrected chi connectivity index (χ4v) is 3.89. The Morgan fingerprint density at radius 1 is 1.20 bits per heavy atom. The molecule has 0 aromatic heterocycles. The molecule has 1 aromatic carbocycles. The van der Waals surface area contributed by atoms with Crippen molar-refractivity contribution in [1.29, 1.82) is 0 Å². The molecule has 1 fully saturated rings. The number of rotatable bonds is 2. The number of hydrogen-bond donors (Lipinski definition) is 0. The summed E-state index contributed by atoms with van der Waals surface area (Å²) in [5, 5.41) is 1.54. The summed E-state index contributed by atoms with van der Waals surface area (Å²) in [5.74, 6) is 2.77. The highest BCUT2D eigenvalue weighted by Gasteiger charge is 2.25. The van der Waals surface area contributed by atoms with Crippen LogP contribution in [0.2, 0.25) is 10.0 Å². The first kappa shape index (κ1) is 11.9.